The molecule has 1 aliphatic heterocycles. The number of carbonyl (C=O) groups excluding carboxylic acids is 2. The number of aromatic nitrogens is 1. The molecule has 7 heteroatoms. The van der Waals surface area contributed by atoms with E-state index in [2.05, 4.69) is 10.3 Å². The van der Waals surface area contributed by atoms with Gasteiger partial charge in [0.2, 0.25) is 0 Å². The van der Waals surface area contributed by atoms with Crippen LogP contribution in [0.4, 0.5) is 5.69 Å². The van der Waals surface area contributed by atoms with Gasteiger partial charge in [0.1, 0.15) is 10.8 Å². The number of carbonyl (C=O) groups is 2. The van der Waals surface area contributed by atoms with Crippen molar-refractivity contribution in [1.29, 1.82) is 0 Å². The minimum Gasteiger partial charge on any atom is -0.497 e. The molecule has 0 bridgehead atoms. The van der Waals surface area contributed by atoms with Gasteiger partial charge in [-0.3, -0.25) is 9.59 Å². The summed E-state index contributed by atoms with van der Waals surface area (Å²) >= 11 is 1.41. The van der Waals surface area contributed by atoms with E-state index in [0.717, 1.165) is 21.9 Å². The number of anilines is 1. The third-order valence-electron chi connectivity index (χ3n) is 4.89. The number of amides is 2. The monoisotopic (exact) mass is 419 g/mol. The molecule has 0 unspecified atom stereocenters. The van der Waals surface area contributed by atoms with Crippen molar-refractivity contribution in [2.24, 2.45) is 0 Å². The van der Waals surface area contributed by atoms with E-state index >= 15 is 0 Å². The lowest BCUT2D eigenvalue weighted by Gasteiger charge is -2.21. The van der Waals surface area contributed by atoms with Crippen molar-refractivity contribution in [3.05, 3.63) is 77.5 Å². The molecule has 0 saturated carbocycles. The summed E-state index contributed by atoms with van der Waals surface area (Å²) < 4.78 is 5.15. The first-order valence-electron chi connectivity index (χ1n) is 9.60. The molecule has 0 atom stereocenters. The van der Waals surface area contributed by atoms with E-state index in [0.29, 0.717) is 29.2 Å². The second-order valence-electron chi connectivity index (χ2n) is 6.72. The summed E-state index contributed by atoms with van der Waals surface area (Å²) in [5, 5.41) is 3.59. The van der Waals surface area contributed by atoms with Crippen LogP contribution < -0.4 is 15.0 Å². The van der Waals surface area contributed by atoms with Crippen LogP contribution in [0.5, 0.6) is 5.75 Å². The number of nitrogens with zero attached hydrogens (tertiary/aromatic N) is 2. The van der Waals surface area contributed by atoms with Crippen LogP contribution in [0.1, 0.15) is 33.2 Å². The van der Waals surface area contributed by atoms with Crippen LogP contribution in [0, 0.1) is 0 Å². The maximum atomic E-state index is 12.9. The molecule has 1 aromatic heterocycles. The van der Waals surface area contributed by atoms with Gasteiger partial charge in [0, 0.05) is 29.7 Å². The zero-order valence-electron chi connectivity index (χ0n) is 16.7. The SMILES string of the molecule is CCN1C(=O)c2cccnc2Sc2cc(C(=O)NCc3ccc(OC)cc3)ccc21. The predicted molar refractivity (Wildman–Crippen MR) is 116 cm³/mol. The van der Waals surface area contributed by atoms with E-state index in [9.17, 15) is 9.59 Å². The summed E-state index contributed by atoms with van der Waals surface area (Å²) in [4.78, 5) is 32.6. The van der Waals surface area contributed by atoms with Gasteiger partial charge in [-0.2, -0.15) is 0 Å². The predicted octanol–water partition coefficient (Wildman–Crippen LogP) is 4.15. The van der Waals surface area contributed by atoms with Gasteiger partial charge in [-0.1, -0.05) is 23.9 Å². The van der Waals surface area contributed by atoms with Crippen LogP contribution in [-0.2, 0) is 6.54 Å². The van der Waals surface area contributed by atoms with E-state index in [1.807, 2.05) is 43.3 Å². The lowest BCUT2D eigenvalue weighted by molar-refractivity contribution is 0.0949. The van der Waals surface area contributed by atoms with Gasteiger partial charge in [-0.05, 0) is 55.0 Å². The highest BCUT2D eigenvalue weighted by Gasteiger charge is 2.27. The molecule has 152 valence electrons. The van der Waals surface area contributed by atoms with Crippen molar-refractivity contribution in [2.75, 3.05) is 18.6 Å². The van der Waals surface area contributed by atoms with Crippen LogP contribution in [0.2, 0.25) is 0 Å². The molecule has 0 aliphatic carbocycles. The molecule has 2 aromatic carbocycles. The standard InChI is InChI=1S/C23H21N3O3S/c1-3-26-19-11-8-16(21(27)25-14-15-6-9-17(29-2)10-7-15)13-20(19)30-22-18(23(26)28)5-4-12-24-22/h4-13H,3,14H2,1-2H3,(H,25,27). The smallest absolute Gasteiger partial charge is 0.261 e. The fourth-order valence-corrected chi connectivity index (χ4v) is 4.35. The molecule has 30 heavy (non-hydrogen) atoms. The van der Waals surface area contributed by atoms with Crippen LogP contribution in [0.15, 0.2) is 70.7 Å². The second-order valence-corrected chi connectivity index (χ2v) is 7.75. The van der Waals surface area contributed by atoms with Crippen molar-refractivity contribution in [3.63, 3.8) is 0 Å². The van der Waals surface area contributed by atoms with E-state index < -0.39 is 0 Å². The molecular weight excluding hydrogens is 398 g/mol. The highest BCUT2D eigenvalue weighted by Crippen LogP contribution is 2.40. The molecular formula is C23H21N3O3S. The zero-order chi connectivity index (χ0) is 21.1. The highest BCUT2D eigenvalue weighted by molar-refractivity contribution is 7.99. The van der Waals surface area contributed by atoms with Crippen molar-refractivity contribution in [3.8, 4) is 5.75 Å². The van der Waals surface area contributed by atoms with Crippen LogP contribution in [-0.4, -0.2) is 30.5 Å². The molecule has 4 rings (SSSR count). The fourth-order valence-electron chi connectivity index (χ4n) is 3.30. The first-order valence-corrected chi connectivity index (χ1v) is 10.4. The second kappa shape index (κ2) is 8.59. The van der Waals surface area contributed by atoms with Gasteiger partial charge in [0.25, 0.3) is 11.8 Å². The summed E-state index contributed by atoms with van der Waals surface area (Å²) in [5.41, 5.74) is 2.88. The summed E-state index contributed by atoms with van der Waals surface area (Å²) in [6.45, 7) is 2.88. The number of ether oxygens (including phenoxy) is 1. The van der Waals surface area contributed by atoms with Crippen LogP contribution in [0.25, 0.3) is 0 Å². The number of hydrogen-bond acceptors (Lipinski definition) is 5. The maximum Gasteiger partial charge on any atom is 0.261 e. The van der Waals surface area contributed by atoms with Crippen molar-refractivity contribution in [1.82, 2.24) is 10.3 Å². The summed E-state index contributed by atoms with van der Waals surface area (Å²) in [5.74, 6) is 0.523. The molecule has 1 aliphatic rings. The quantitative estimate of drug-likeness (QED) is 0.673. The van der Waals surface area contributed by atoms with Crippen LogP contribution in [0.3, 0.4) is 0 Å². The van der Waals surface area contributed by atoms with Gasteiger partial charge in [-0.15, -0.1) is 0 Å². The normalized spacial score (nSPS) is 12.6. The molecule has 3 aromatic rings. The van der Waals surface area contributed by atoms with Crippen molar-refractivity contribution in [2.45, 2.75) is 23.4 Å². The first kappa shape index (κ1) is 20.0. The Morgan fingerprint density at radius 3 is 2.70 bits per heavy atom. The molecule has 0 radical (unpaired) electrons. The van der Waals surface area contributed by atoms with E-state index in [1.165, 1.54) is 11.8 Å². The summed E-state index contributed by atoms with van der Waals surface area (Å²) in [6.07, 6.45) is 1.67. The molecule has 2 heterocycles. The number of hydrogen-bond donors (Lipinski definition) is 1. The lowest BCUT2D eigenvalue weighted by atomic mass is 10.1. The molecule has 0 fully saturated rings. The topological polar surface area (TPSA) is 71.5 Å². The van der Waals surface area contributed by atoms with Gasteiger partial charge < -0.3 is 15.0 Å². The Kier molecular flexibility index (Phi) is 5.72. The minimum atomic E-state index is -0.172. The van der Waals surface area contributed by atoms with Crippen LogP contribution >= 0.6 is 11.8 Å². The van der Waals surface area contributed by atoms with Gasteiger partial charge >= 0.3 is 0 Å². The van der Waals surface area contributed by atoms with Gasteiger partial charge in [0.15, 0.2) is 0 Å². The number of rotatable bonds is 5. The number of pyridine rings is 1. The van der Waals surface area contributed by atoms with E-state index in [-0.39, 0.29) is 11.8 Å². The number of methoxy groups -OCH3 is 1. The zero-order valence-corrected chi connectivity index (χ0v) is 17.5. The summed E-state index contributed by atoms with van der Waals surface area (Å²) in [7, 11) is 1.62. The first-order chi connectivity index (χ1) is 14.6. The maximum absolute atomic E-state index is 12.9. The summed E-state index contributed by atoms with van der Waals surface area (Å²) in [6, 6.07) is 16.5. The largest absolute Gasteiger partial charge is 0.497 e. The Morgan fingerprint density at radius 1 is 1.17 bits per heavy atom. The highest BCUT2D eigenvalue weighted by atomic mass is 32.2. The molecule has 1 N–H and O–H groups in total. The molecule has 6 nitrogen and oxygen atoms in total. The van der Waals surface area contributed by atoms with E-state index in [4.69, 9.17) is 4.74 Å². The van der Waals surface area contributed by atoms with Gasteiger partial charge in [0.05, 0.1) is 18.4 Å². The van der Waals surface area contributed by atoms with Crippen molar-refractivity contribution < 1.29 is 14.3 Å². The average molecular weight is 420 g/mol. The Bertz CT molecular complexity index is 1100. The Labute approximate surface area is 179 Å². The fraction of sp³-hybridized carbons (Fsp3) is 0.174. The van der Waals surface area contributed by atoms with E-state index in [1.54, 1.807) is 36.4 Å². The van der Waals surface area contributed by atoms with Gasteiger partial charge in [-0.25, -0.2) is 4.98 Å². The van der Waals surface area contributed by atoms with Crippen molar-refractivity contribution >= 4 is 29.3 Å². The number of nitrogens with one attached hydrogen (secondary N) is 1. The minimum absolute atomic E-state index is 0.0800. The average Bonchev–Trinajstić information content (AvgIpc) is 2.90. The molecule has 2 amide bonds. The number of benzene rings is 2. The lowest BCUT2D eigenvalue weighted by Crippen LogP contribution is -2.30. The Balaban J connectivity index is 1.58. The third-order valence-corrected chi connectivity index (χ3v) is 5.96. The molecule has 0 spiro atoms. The molecule has 0 saturated heterocycles. The number of fused-ring (bicyclic) bond motifs is 2. The third kappa shape index (κ3) is 3.89. The Hall–Kier alpha value is -3.32. The Morgan fingerprint density at radius 2 is 1.97 bits per heavy atom.